The van der Waals surface area contributed by atoms with Crippen molar-refractivity contribution in [2.75, 3.05) is 11.9 Å². The summed E-state index contributed by atoms with van der Waals surface area (Å²) in [6.45, 7) is 11.6. The quantitative estimate of drug-likeness (QED) is 0.476. The molecule has 0 bridgehead atoms. The van der Waals surface area contributed by atoms with Crippen molar-refractivity contribution >= 4 is 5.82 Å². The molecule has 0 radical (unpaired) electrons. The molecule has 180 valence electrons. The van der Waals surface area contributed by atoms with E-state index in [1.807, 2.05) is 38.1 Å². The Morgan fingerprint density at radius 3 is 2.71 bits per heavy atom. The van der Waals surface area contributed by atoms with E-state index in [0.29, 0.717) is 31.1 Å². The van der Waals surface area contributed by atoms with Gasteiger partial charge in [0.15, 0.2) is 17.5 Å². The van der Waals surface area contributed by atoms with Gasteiger partial charge >= 0.3 is 0 Å². The largest absolute Gasteiger partial charge is 0.374 e. The van der Waals surface area contributed by atoms with Gasteiger partial charge in [0.25, 0.3) is 0 Å². The number of benzene rings is 2. The average Bonchev–Trinajstić information content (AvgIpc) is 3.34. The van der Waals surface area contributed by atoms with Crippen molar-refractivity contribution in [2.24, 2.45) is 4.99 Å². The molecule has 4 rings (SSSR count). The molecule has 1 aliphatic rings. The fourth-order valence-electron chi connectivity index (χ4n) is 3.78. The predicted molar refractivity (Wildman–Crippen MR) is 135 cm³/mol. The fraction of sp³-hybridized carbons (Fsp3) is 0.370. The van der Waals surface area contributed by atoms with Crippen molar-refractivity contribution in [3.63, 3.8) is 0 Å². The average molecular weight is 462 g/mol. The molecule has 0 saturated carbocycles. The maximum absolute atomic E-state index is 6.23. The molecule has 2 unspecified atom stereocenters. The number of aromatic nitrogens is 3. The molecule has 7 nitrogen and oxygen atoms in total. The molecule has 7 heteroatoms. The standard InChI is InChI=1S/C25H29N5O2.C2H6/c1-3-26-25-24(27-15-21-11-7-8-19(2)14-21)28-18-29-30(25)23-13-12-22(32-23)17-31-16-20-9-5-4-6-10-20;1-2/h3-11,14,18,22-23H,1,12-13,15-17H2,2H3,(H,27,28,29);1-2H3. The second kappa shape index (κ2) is 13.4. The number of hydrogen-bond acceptors (Lipinski definition) is 6. The van der Waals surface area contributed by atoms with Gasteiger partial charge in [0.05, 0.1) is 19.3 Å². The molecule has 34 heavy (non-hydrogen) atoms. The van der Waals surface area contributed by atoms with Gasteiger partial charge in [-0.2, -0.15) is 5.10 Å². The maximum Gasteiger partial charge on any atom is 0.194 e. The van der Waals surface area contributed by atoms with Crippen LogP contribution in [0.1, 0.15) is 49.6 Å². The molecule has 0 aliphatic carbocycles. The van der Waals surface area contributed by atoms with Crippen LogP contribution in [0.15, 0.2) is 78.7 Å². The molecule has 1 fully saturated rings. The first kappa shape index (κ1) is 25.3. The van der Waals surface area contributed by atoms with Crippen LogP contribution in [0.25, 0.3) is 0 Å². The number of nitrogens with zero attached hydrogens (tertiary/aromatic N) is 4. The lowest BCUT2D eigenvalue weighted by molar-refractivity contribution is -0.0511. The van der Waals surface area contributed by atoms with Crippen molar-refractivity contribution in [1.29, 1.82) is 0 Å². The summed E-state index contributed by atoms with van der Waals surface area (Å²) < 4.78 is 13.9. The highest BCUT2D eigenvalue weighted by Crippen LogP contribution is 2.27. The third-order valence-electron chi connectivity index (χ3n) is 5.32. The van der Waals surface area contributed by atoms with E-state index in [9.17, 15) is 0 Å². The molecule has 0 spiro atoms. The van der Waals surface area contributed by atoms with Gasteiger partial charge in [0.2, 0.25) is 0 Å². The van der Waals surface area contributed by atoms with Gasteiger partial charge < -0.3 is 14.8 Å². The zero-order chi connectivity index (χ0) is 24.2. The predicted octanol–water partition coefficient (Wildman–Crippen LogP) is 5.16. The van der Waals surface area contributed by atoms with Crippen LogP contribution in [0, 0.1) is 6.92 Å². The number of rotatable bonds is 9. The number of aryl methyl sites for hydroxylation is 1. The summed E-state index contributed by atoms with van der Waals surface area (Å²) in [6, 6.07) is 18.5. The molecule has 1 aliphatic heterocycles. The van der Waals surface area contributed by atoms with Crippen LogP contribution in [-0.4, -0.2) is 27.5 Å². The van der Waals surface area contributed by atoms with E-state index in [1.54, 1.807) is 4.68 Å². The van der Waals surface area contributed by atoms with Crippen LogP contribution in [0.5, 0.6) is 0 Å². The Hall–Kier alpha value is -3.29. The van der Waals surface area contributed by atoms with E-state index in [2.05, 4.69) is 64.2 Å². The van der Waals surface area contributed by atoms with E-state index in [0.717, 1.165) is 18.4 Å². The molecular weight excluding hydrogens is 426 g/mol. The summed E-state index contributed by atoms with van der Waals surface area (Å²) in [5.74, 6) is 0.647. The van der Waals surface area contributed by atoms with Crippen LogP contribution in [0.2, 0.25) is 0 Å². The Morgan fingerprint density at radius 1 is 1.15 bits per heavy atom. The number of nitrogens with one attached hydrogen (secondary N) is 1. The van der Waals surface area contributed by atoms with Gasteiger partial charge in [-0.1, -0.05) is 80.6 Å². The minimum atomic E-state index is -0.221. The summed E-state index contributed by atoms with van der Waals surface area (Å²) in [7, 11) is 0. The Kier molecular flexibility index (Phi) is 10.0. The first-order chi connectivity index (χ1) is 16.7. The lowest BCUT2D eigenvalue weighted by atomic mass is 10.1. The molecular formula is C27H35N5O2. The van der Waals surface area contributed by atoms with Crippen molar-refractivity contribution in [3.05, 3.63) is 95.9 Å². The Bertz CT molecular complexity index is 1100. The number of anilines is 1. The Balaban J connectivity index is 0.00000158. The maximum atomic E-state index is 6.23. The van der Waals surface area contributed by atoms with E-state index in [1.165, 1.54) is 23.7 Å². The minimum Gasteiger partial charge on any atom is -0.374 e. The van der Waals surface area contributed by atoms with Crippen molar-refractivity contribution in [3.8, 4) is 0 Å². The zero-order valence-electron chi connectivity index (χ0n) is 20.4. The monoisotopic (exact) mass is 461 g/mol. The normalized spacial score (nSPS) is 17.7. The van der Waals surface area contributed by atoms with Crippen LogP contribution < -0.4 is 10.8 Å². The van der Waals surface area contributed by atoms with E-state index in [-0.39, 0.29) is 12.3 Å². The molecule has 2 aromatic carbocycles. The fourth-order valence-corrected chi connectivity index (χ4v) is 3.78. The topological polar surface area (TPSA) is 73.6 Å². The molecule has 0 amide bonds. The molecule has 1 saturated heterocycles. The van der Waals surface area contributed by atoms with E-state index < -0.39 is 0 Å². The summed E-state index contributed by atoms with van der Waals surface area (Å²) >= 11 is 0. The van der Waals surface area contributed by atoms with Gasteiger partial charge in [-0.15, -0.1) is 0 Å². The summed E-state index contributed by atoms with van der Waals surface area (Å²) in [4.78, 5) is 8.84. The van der Waals surface area contributed by atoms with E-state index >= 15 is 0 Å². The molecule has 2 heterocycles. The highest BCUT2D eigenvalue weighted by Gasteiger charge is 2.28. The molecule has 1 aromatic heterocycles. The zero-order valence-corrected chi connectivity index (χ0v) is 20.4. The van der Waals surface area contributed by atoms with Crippen LogP contribution in [0.4, 0.5) is 5.82 Å². The highest BCUT2D eigenvalue weighted by molar-refractivity contribution is 5.33. The third kappa shape index (κ3) is 7.10. The molecule has 1 N–H and O–H groups in total. The van der Waals surface area contributed by atoms with Crippen LogP contribution >= 0.6 is 0 Å². The Labute approximate surface area is 202 Å². The summed E-state index contributed by atoms with van der Waals surface area (Å²) in [5, 5.41) is 7.81. The van der Waals surface area contributed by atoms with Gasteiger partial charge in [-0.05, 0) is 30.9 Å². The number of hydrogen-bond donors (Lipinski definition) is 1. The van der Waals surface area contributed by atoms with Crippen molar-refractivity contribution < 1.29 is 9.47 Å². The van der Waals surface area contributed by atoms with Crippen molar-refractivity contribution in [2.45, 2.75) is 59.1 Å². The first-order valence-electron chi connectivity index (χ1n) is 11.9. The minimum absolute atomic E-state index is 0.0199. The first-order valence-corrected chi connectivity index (χ1v) is 11.9. The van der Waals surface area contributed by atoms with Crippen LogP contribution in [0.3, 0.4) is 0 Å². The van der Waals surface area contributed by atoms with Gasteiger partial charge in [0.1, 0.15) is 6.33 Å². The lowest BCUT2D eigenvalue weighted by Crippen LogP contribution is -2.31. The Morgan fingerprint density at radius 2 is 1.94 bits per heavy atom. The third-order valence-corrected chi connectivity index (χ3v) is 5.32. The van der Waals surface area contributed by atoms with Crippen molar-refractivity contribution in [1.82, 2.24) is 14.8 Å². The SMILES string of the molecule is C=CN=c1c(NCc2cccc(C)c2)ncnn1C1CCC(COCc2ccccc2)O1.CC. The van der Waals surface area contributed by atoms with Crippen LogP contribution in [-0.2, 0) is 22.6 Å². The van der Waals surface area contributed by atoms with Gasteiger partial charge in [0, 0.05) is 12.7 Å². The number of ether oxygens (including phenoxy) is 2. The van der Waals surface area contributed by atoms with Gasteiger partial charge in [-0.25, -0.2) is 14.7 Å². The lowest BCUT2D eigenvalue weighted by Gasteiger charge is -2.17. The second-order valence-corrected chi connectivity index (χ2v) is 7.82. The summed E-state index contributed by atoms with van der Waals surface area (Å²) in [6.07, 6.45) is 4.56. The summed E-state index contributed by atoms with van der Waals surface area (Å²) in [5.41, 5.74) is 4.15. The molecule has 3 aromatic rings. The molecule has 2 atom stereocenters. The van der Waals surface area contributed by atoms with Gasteiger partial charge in [-0.3, -0.25) is 0 Å². The smallest absolute Gasteiger partial charge is 0.194 e. The highest BCUT2D eigenvalue weighted by atomic mass is 16.6. The van der Waals surface area contributed by atoms with E-state index in [4.69, 9.17) is 9.47 Å². The second-order valence-electron chi connectivity index (χ2n) is 7.82.